The van der Waals surface area contributed by atoms with Gasteiger partial charge in [0.15, 0.2) is 5.78 Å². The van der Waals surface area contributed by atoms with Gasteiger partial charge >= 0.3 is 0 Å². The van der Waals surface area contributed by atoms with Crippen molar-refractivity contribution in [3.63, 3.8) is 0 Å². The molecule has 0 aliphatic rings. The lowest BCUT2D eigenvalue weighted by Gasteiger charge is -2.00. The Kier molecular flexibility index (Phi) is 2.64. The summed E-state index contributed by atoms with van der Waals surface area (Å²) in [6.45, 7) is 3.64. The Morgan fingerprint density at radius 2 is 2.25 bits per heavy atom. The molecule has 0 N–H and O–H groups in total. The first-order chi connectivity index (χ1) is 7.58. The van der Waals surface area contributed by atoms with Crippen LogP contribution in [0.15, 0.2) is 22.9 Å². The lowest BCUT2D eigenvalue weighted by atomic mass is 10.1. The van der Waals surface area contributed by atoms with Crippen LogP contribution in [0.5, 0.6) is 0 Å². The SMILES string of the molecule is Cc1cc(C(=O)Cc2nccn2C)c(C)o1. The summed E-state index contributed by atoms with van der Waals surface area (Å²) in [5, 5.41) is 0. The zero-order valence-electron chi connectivity index (χ0n) is 9.65. The van der Waals surface area contributed by atoms with Crippen molar-refractivity contribution in [3.05, 3.63) is 41.4 Å². The molecule has 2 aromatic rings. The number of hydrogen-bond donors (Lipinski definition) is 0. The molecule has 84 valence electrons. The summed E-state index contributed by atoms with van der Waals surface area (Å²) < 4.78 is 7.18. The maximum Gasteiger partial charge on any atom is 0.173 e. The summed E-state index contributed by atoms with van der Waals surface area (Å²) in [4.78, 5) is 16.1. The molecular weight excluding hydrogens is 204 g/mol. The van der Waals surface area contributed by atoms with Crippen LogP contribution in [-0.4, -0.2) is 15.3 Å². The van der Waals surface area contributed by atoms with Crippen LogP contribution < -0.4 is 0 Å². The molecule has 0 atom stereocenters. The molecule has 2 rings (SSSR count). The second-order valence-electron chi connectivity index (χ2n) is 3.88. The van der Waals surface area contributed by atoms with Crippen LogP contribution in [-0.2, 0) is 13.5 Å². The van der Waals surface area contributed by atoms with Crippen LogP contribution in [0.2, 0.25) is 0 Å². The zero-order chi connectivity index (χ0) is 11.7. The van der Waals surface area contributed by atoms with E-state index in [4.69, 9.17) is 4.42 Å². The van der Waals surface area contributed by atoms with Crippen molar-refractivity contribution in [2.75, 3.05) is 0 Å². The van der Waals surface area contributed by atoms with Crippen molar-refractivity contribution < 1.29 is 9.21 Å². The average molecular weight is 218 g/mol. The van der Waals surface area contributed by atoms with E-state index in [-0.39, 0.29) is 5.78 Å². The molecule has 0 amide bonds. The molecule has 0 saturated carbocycles. The lowest BCUT2D eigenvalue weighted by Crippen LogP contribution is -2.08. The highest BCUT2D eigenvalue weighted by atomic mass is 16.3. The molecule has 4 nitrogen and oxygen atoms in total. The number of carbonyl (C=O) groups is 1. The van der Waals surface area contributed by atoms with E-state index in [2.05, 4.69) is 4.98 Å². The first-order valence-electron chi connectivity index (χ1n) is 5.14. The Bertz CT molecular complexity index is 523. The summed E-state index contributed by atoms with van der Waals surface area (Å²) in [6, 6.07) is 1.78. The number of furan rings is 1. The number of rotatable bonds is 3. The van der Waals surface area contributed by atoms with Gasteiger partial charge in [-0.05, 0) is 19.9 Å². The van der Waals surface area contributed by atoms with E-state index in [1.807, 2.05) is 24.7 Å². The molecular formula is C12H14N2O2. The molecule has 0 unspecified atom stereocenters. The van der Waals surface area contributed by atoms with E-state index in [1.54, 1.807) is 19.2 Å². The number of aryl methyl sites for hydroxylation is 3. The summed E-state index contributed by atoms with van der Waals surface area (Å²) in [5.74, 6) is 2.25. The van der Waals surface area contributed by atoms with Gasteiger partial charge in [0.05, 0.1) is 12.0 Å². The topological polar surface area (TPSA) is 48.0 Å². The van der Waals surface area contributed by atoms with Gasteiger partial charge in [-0.15, -0.1) is 0 Å². The molecule has 0 radical (unpaired) electrons. The first-order valence-corrected chi connectivity index (χ1v) is 5.14. The van der Waals surface area contributed by atoms with Crippen molar-refractivity contribution in [2.24, 2.45) is 7.05 Å². The van der Waals surface area contributed by atoms with Crippen molar-refractivity contribution in [2.45, 2.75) is 20.3 Å². The van der Waals surface area contributed by atoms with Gasteiger partial charge in [0.25, 0.3) is 0 Å². The number of nitrogens with zero attached hydrogens (tertiary/aromatic N) is 2. The van der Waals surface area contributed by atoms with Crippen LogP contribution >= 0.6 is 0 Å². The highest BCUT2D eigenvalue weighted by molar-refractivity contribution is 5.98. The van der Waals surface area contributed by atoms with Crippen molar-refractivity contribution in [1.82, 2.24) is 9.55 Å². The van der Waals surface area contributed by atoms with Crippen molar-refractivity contribution in [3.8, 4) is 0 Å². The fourth-order valence-electron chi connectivity index (χ4n) is 1.71. The molecule has 0 bridgehead atoms. The molecule has 0 aliphatic carbocycles. The molecule has 0 aliphatic heterocycles. The Hall–Kier alpha value is -1.84. The number of imidazole rings is 1. The van der Waals surface area contributed by atoms with Gasteiger partial charge in [0, 0.05) is 19.4 Å². The summed E-state index contributed by atoms with van der Waals surface area (Å²) in [5.41, 5.74) is 0.653. The fourth-order valence-corrected chi connectivity index (χ4v) is 1.71. The van der Waals surface area contributed by atoms with Gasteiger partial charge in [-0.3, -0.25) is 4.79 Å². The maximum absolute atomic E-state index is 12.0. The predicted octanol–water partition coefficient (Wildman–Crippen LogP) is 2.06. The minimum Gasteiger partial charge on any atom is -0.466 e. The van der Waals surface area contributed by atoms with Crippen LogP contribution in [0.3, 0.4) is 0 Å². The highest BCUT2D eigenvalue weighted by Gasteiger charge is 2.15. The van der Waals surface area contributed by atoms with Gasteiger partial charge < -0.3 is 8.98 Å². The number of ketones is 1. The average Bonchev–Trinajstić information content (AvgIpc) is 2.74. The van der Waals surface area contributed by atoms with Crippen LogP contribution in [0, 0.1) is 13.8 Å². The number of carbonyl (C=O) groups excluding carboxylic acids is 1. The van der Waals surface area contributed by atoms with Gasteiger partial charge in [0.2, 0.25) is 0 Å². The maximum atomic E-state index is 12.0. The number of hydrogen-bond acceptors (Lipinski definition) is 3. The highest BCUT2D eigenvalue weighted by Crippen LogP contribution is 2.15. The van der Waals surface area contributed by atoms with Gasteiger partial charge in [-0.1, -0.05) is 0 Å². The first kappa shape index (κ1) is 10.7. The number of aromatic nitrogens is 2. The minimum atomic E-state index is 0.0450. The Labute approximate surface area is 93.9 Å². The quantitative estimate of drug-likeness (QED) is 0.741. The molecule has 2 heterocycles. The largest absolute Gasteiger partial charge is 0.466 e. The molecule has 0 saturated heterocycles. The molecule has 0 aromatic carbocycles. The van der Waals surface area contributed by atoms with E-state index in [1.165, 1.54) is 0 Å². The molecule has 4 heteroatoms. The predicted molar refractivity (Wildman–Crippen MR) is 59.4 cm³/mol. The molecule has 0 spiro atoms. The van der Waals surface area contributed by atoms with Crippen molar-refractivity contribution in [1.29, 1.82) is 0 Å². The van der Waals surface area contributed by atoms with Gasteiger partial charge in [-0.2, -0.15) is 0 Å². The molecule has 0 fully saturated rings. The summed E-state index contributed by atoms with van der Waals surface area (Å²) >= 11 is 0. The number of Topliss-reactive ketones (excluding diaryl/α,β-unsaturated/α-hetero) is 1. The second kappa shape index (κ2) is 3.96. The smallest absolute Gasteiger partial charge is 0.173 e. The monoisotopic (exact) mass is 218 g/mol. The van der Waals surface area contributed by atoms with Crippen LogP contribution in [0.25, 0.3) is 0 Å². The minimum absolute atomic E-state index is 0.0450. The van der Waals surface area contributed by atoms with Gasteiger partial charge in [-0.25, -0.2) is 4.98 Å². The van der Waals surface area contributed by atoms with Crippen LogP contribution in [0.1, 0.15) is 27.7 Å². The lowest BCUT2D eigenvalue weighted by molar-refractivity contribution is 0.0988. The van der Waals surface area contributed by atoms with E-state index in [0.29, 0.717) is 17.7 Å². The molecule has 16 heavy (non-hydrogen) atoms. The second-order valence-corrected chi connectivity index (χ2v) is 3.88. The standard InChI is InChI=1S/C12H14N2O2/c1-8-6-10(9(2)16-8)11(15)7-12-13-4-5-14(12)3/h4-6H,7H2,1-3H3. The van der Waals surface area contributed by atoms with E-state index < -0.39 is 0 Å². The third kappa shape index (κ3) is 1.91. The van der Waals surface area contributed by atoms with Crippen molar-refractivity contribution >= 4 is 5.78 Å². The van der Waals surface area contributed by atoms with E-state index in [9.17, 15) is 4.79 Å². The third-order valence-electron chi connectivity index (χ3n) is 2.58. The summed E-state index contributed by atoms with van der Waals surface area (Å²) in [6.07, 6.45) is 3.83. The fraction of sp³-hybridized carbons (Fsp3) is 0.333. The summed E-state index contributed by atoms with van der Waals surface area (Å²) in [7, 11) is 1.88. The Morgan fingerprint density at radius 3 is 2.75 bits per heavy atom. The van der Waals surface area contributed by atoms with E-state index >= 15 is 0 Å². The Morgan fingerprint density at radius 1 is 1.50 bits per heavy atom. The zero-order valence-corrected chi connectivity index (χ0v) is 9.65. The van der Waals surface area contributed by atoms with E-state index in [0.717, 1.165) is 11.6 Å². The molecule has 2 aromatic heterocycles. The Balaban J connectivity index is 2.21. The third-order valence-corrected chi connectivity index (χ3v) is 2.58. The van der Waals surface area contributed by atoms with Crippen LogP contribution in [0.4, 0.5) is 0 Å². The van der Waals surface area contributed by atoms with Gasteiger partial charge in [0.1, 0.15) is 17.3 Å². The normalized spacial score (nSPS) is 10.7.